The molecule has 1 aromatic heterocycles. The molecule has 1 saturated heterocycles. The first-order chi connectivity index (χ1) is 16.1. The average Bonchev–Trinajstić information content (AvgIpc) is 2.82. The van der Waals surface area contributed by atoms with Gasteiger partial charge < -0.3 is 10.2 Å². The summed E-state index contributed by atoms with van der Waals surface area (Å²) in [5.74, 6) is -0.389. The van der Waals surface area contributed by atoms with Gasteiger partial charge in [0, 0.05) is 61.4 Å². The Hall–Kier alpha value is -3.73. The first-order valence-corrected chi connectivity index (χ1v) is 10.6. The van der Waals surface area contributed by atoms with Crippen LogP contribution in [-0.2, 0) is 11.0 Å². The molecule has 0 unspecified atom stereocenters. The highest BCUT2D eigenvalue weighted by molar-refractivity contribution is 5.99. The Balaban J connectivity index is 1.43. The van der Waals surface area contributed by atoms with Crippen molar-refractivity contribution in [3.63, 3.8) is 0 Å². The third-order valence-electron chi connectivity index (χ3n) is 6.01. The Morgan fingerprint density at radius 3 is 2.53 bits per heavy atom. The fourth-order valence-electron chi connectivity index (χ4n) is 4.13. The van der Waals surface area contributed by atoms with Gasteiger partial charge in [-0.3, -0.25) is 24.8 Å². The van der Waals surface area contributed by atoms with E-state index in [4.69, 9.17) is 0 Å². The molecule has 0 bridgehead atoms. The number of anilines is 2. The van der Waals surface area contributed by atoms with Crippen molar-refractivity contribution in [2.24, 2.45) is 0 Å². The molecule has 1 atom stereocenters. The lowest BCUT2D eigenvalue weighted by molar-refractivity contribution is -0.383. The van der Waals surface area contributed by atoms with Crippen molar-refractivity contribution < 1.29 is 22.9 Å². The Kier molecular flexibility index (Phi) is 6.38. The second-order valence-corrected chi connectivity index (χ2v) is 8.05. The van der Waals surface area contributed by atoms with Crippen LogP contribution in [0.4, 0.5) is 30.2 Å². The minimum atomic E-state index is -4.49. The predicted octanol–water partition coefficient (Wildman–Crippen LogP) is 4.31. The lowest BCUT2D eigenvalue weighted by atomic mass is 10.1. The zero-order valence-corrected chi connectivity index (χ0v) is 18.2. The number of pyridine rings is 1. The average molecular weight is 473 g/mol. The van der Waals surface area contributed by atoms with Gasteiger partial charge in [0.2, 0.25) is 5.91 Å². The minimum Gasteiger partial charge on any atom is -0.368 e. The van der Waals surface area contributed by atoms with Crippen LogP contribution in [-0.4, -0.2) is 52.9 Å². The van der Waals surface area contributed by atoms with Crippen molar-refractivity contribution >= 4 is 33.7 Å². The molecule has 0 spiro atoms. The summed E-state index contributed by atoms with van der Waals surface area (Å²) in [5, 5.41) is 15.1. The minimum absolute atomic E-state index is 0.00892. The Bertz CT molecular complexity index is 1230. The Morgan fingerprint density at radius 2 is 1.85 bits per heavy atom. The number of amides is 1. The molecule has 4 rings (SSSR count). The highest BCUT2D eigenvalue weighted by Gasteiger charge is 2.31. The largest absolute Gasteiger partial charge is 0.416 e. The lowest BCUT2D eigenvalue weighted by Gasteiger charge is -2.38. The van der Waals surface area contributed by atoms with Crippen molar-refractivity contribution in [3.05, 3.63) is 70.5 Å². The molecule has 0 aliphatic carbocycles. The van der Waals surface area contributed by atoms with Crippen LogP contribution in [0.15, 0.2) is 54.9 Å². The van der Waals surface area contributed by atoms with Crippen LogP contribution in [0.3, 0.4) is 0 Å². The molecule has 1 aliphatic heterocycles. The highest BCUT2D eigenvalue weighted by Crippen LogP contribution is 2.34. The number of hydrogen-bond donors (Lipinski definition) is 1. The number of non-ortho nitro benzene ring substituents is 1. The van der Waals surface area contributed by atoms with Gasteiger partial charge in [-0.2, -0.15) is 13.2 Å². The molecule has 0 saturated carbocycles. The summed E-state index contributed by atoms with van der Waals surface area (Å²) in [4.78, 5) is 31.7. The van der Waals surface area contributed by atoms with E-state index in [1.54, 1.807) is 25.3 Å². The van der Waals surface area contributed by atoms with Crippen molar-refractivity contribution in [1.29, 1.82) is 0 Å². The molecule has 34 heavy (non-hydrogen) atoms. The van der Waals surface area contributed by atoms with E-state index in [-0.39, 0.29) is 17.3 Å². The SMILES string of the molecule is C[C@@H](C(=O)Nc1cccc(C(F)(F)F)c1)N1CCN(c2ccc([N+](=O)[O-])c3cnccc23)CC1. The molecule has 1 fully saturated rings. The number of aromatic nitrogens is 1. The second kappa shape index (κ2) is 9.26. The number of alkyl halides is 3. The van der Waals surface area contributed by atoms with Crippen LogP contribution in [0.1, 0.15) is 12.5 Å². The standard InChI is InChI=1S/C23H22F3N5O3/c1-15(22(32)28-17-4-2-3-16(13-17)23(24,25)26)29-9-11-30(12-10-29)20-5-6-21(31(33)34)19-14-27-8-7-18(19)20/h2-8,13-15H,9-12H2,1H3,(H,28,32)/t15-/m0/s1. The van der Waals surface area contributed by atoms with Gasteiger partial charge in [-0.1, -0.05) is 6.07 Å². The number of halogens is 3. The fourth-order valence-corrected chi connectivity index (χ4v) is 4.13. The summed E-state index contributed by atoms with van der Waals surface area (Å²) in [6.45, 7) is 3.96. The van der Waals surface area contributed by atoms with Crippen LogP contribution < -0.4 is 10.2 Å². The topological polar surface area (TPSA) is 91.6 Å². The van der Waals surface area contributed by atoms with Crippen LogP contribution in [0, 0.1) is 10.1 Å². The molecule has 11 heteroatoms. The molecule has 1 aliphatic rings. The number of carbonyl (C=O) groups excluding carboxylic acids is 1. The van der Waals surface area contributed by atoms with Crippen LogP contribution in [0.25, 0.3) is 10.8 Å². The van der Waals surface area contributed by atoms with Crippen molar-refractivity contribution in [2.75, 3.05) is 36.4 Å². The van der Waals surface area contributed by atoms with Gasteiger partial charge in [-0.15, -0.1) is 0 Å². The molecule has 8 nitrogen and oxygen atoms in total. The number of rotatable bonds is 5. The number of nitro benzene ring substituents is 1. The van der Waals surface area contributed by atoms with Gasteiger partial charge in [-0.25, -0.2) is 0 Å². The summed E-state index contributed by atoms with van der Waals surface area (Å²) in [6.07, 6.45) is -1.42. The molecule has 2 heterocycles. The summed E-state index contributed by atoms with van der Waals surface area (Å²) in [5.41, 5.74) is 0.113. The van der Waals surface area contributed by atoms with Crippen LogP contribution in [0.2, 0.25) is 0 Å². The lowest BCUT2D eigenvalue weighted by Crippen LogP contribution is -2.52. The Labute approximate surface area is 193 Å². The van der Waals surface area contributed by atoms with E-state index in [9.17, 15) is 28.1 Å². The monoisotopic (exact) mass is 473 g/mol. The van der Waals surface area contributed by atoms with Gasteiger partial charge in [0.15, 0.2) is 0 Å². The number of nitrogens with one attached hydrogen (secondary N) is 1. The molecule has 0 radical (unpaired) electrons. The number of nitro groups is 1. The molecule has 1 N–H and O–H groups in total. The van der Waals surface area contributed by atoms with Crippen LogP contribution in [0.5, 0.6) is 0 Å². The van der Waals surface area contributed by atoms with E-state index in [1.165, 1.54) is 24.4 Å². The van der Waals surface area contributed by atoms with Crippen molar-refractivity contribution in [3.8, 4) is 0 Å². The fraction of sp³-hybridized carbons (Fsp3) is 0.304. The van der Waals surface area contributed by atoms with Gasteiger partial charge in [-0.05, 0) is 37.3 Å². The van der Waals surface area contributed by atoms with E-state index in [1.807, 2.05) is 4.90 Å². The third-order valence-corrected chi connectivity index (χ3v) is 6.01. The number of piperazine rings is 1. The zero-order valence-electron chi connectivity index (χ0n) is 18.2. The molecular weight excluding hydrogens is 451 g/mol. The first kappa shape index (κ1) is 23.4. The number of hydrogen-bond acceptors (Lipinski definition) is 6. The summed E-state index contributed by atoms with van der Waals surface area (Å²) < 4.78 is 38.8. The molecule has 3 aromatic rings. The number of fused-ring (bicyclic) bond motifs is 1. The van der Waals surface area contributed by atoms with Gasteiger partial charge in [0.25, 0.3) is 5.69 Å². The van der Waals surface area contributed by atoms with Gasteiger partial charge in [0.1, 0.15) is 0 Å². The van der Waals surface area contributed by atoms with E-state index in [2.05, 4.69) is 15.2 Å². The number of nitrogens with zero attached hydrogens (tertiary/aromatic N) is 4. The quantitative estimate of drug-likeness (QED) is 0.439. The molecule has 1 amide bonds. The van der Waals surface area contributed by atoms with E-state index >= 15 is 0 Å². The maximum atomic E-state index is 12.9. The first-order valence-electron chi connectivity index (χ1n) is 10.6. The zero-order chi connectivity index (χ0) is 24.5. The molecule has 178 valence electrons. The number of benzene rings is 2. The Morgan fingerprint density at radius 1 is 1.12 bits per heavy atom. The second-order valence-electron chi connectivity index (χ2n) is 8.05. The molecule has 2 aromatic carbocycles. The predicted molar refractivity (Wildman–Crippen MR) is 122 cm³/mol. The molecular formula is C23H22F3N5O3. The van der Waals surface area contributed by atoms with E-state index in [0.717, 1.165) is 23.2 Å². The van der Waals surface area contributed by atoms with Crippen molar-refractivity contribution in [1.82, 2.24) is 9.88 Å². The highest BCUT2D eigenvalue weighted by atomic mass is 19.4. The summed E-state index contributed by atoms with van der Waals surface area (Å²) in [6, 6.07) is 8.94. The van der Waals surface area contributed by atoms with Crippen molar-refractivity contribution in [2.45, 2.75) is 19.1 Å². The summed E-state index contributed by atoms with van der Waals surface area (Å²) >= 11 is 0. The maximum Gasteiger partial charge on any atom is 0.416 e. The maximum absolute atomic E-state index is 12.9. The third kappa shape index (κ3) is 4.79. The van der Waals surface area contributed by atoms with Gasteiger partial charge >= 0.3 is 6.18 Å². The normalized spacial score (nSPS) is 15.8. The number of carbonyl (C=O) groups is 1. The van der Waals surface area contributed by atoms with E-state index < -0.39 is 22.7 Å². The van der Waals surface area contributed by atoms with Gasteiger partial charge in [0.05, 0.1) is 21.9 Å². The smallest absolute Gasteiger partial charge is 0.368 e. The summed E-state index contributed by atoms with van der Waals surface area (Å²) in [7, 11) is 0. The van der Waals surface area contributed by atoms with Crippen LogP contribution >= 0.6 is 0 Å². The van der Waals surface area contributed by atoms with E-state index in [0.29, 0.717) is 31.6 Å².